The quantitative estimate of drug-likeness (QED) is 0.876. The molecule has 1 saturated carbocycles. The van der Waals surface area contributed by atoms with Gasteiger partial charge in [0.1, 0.15) is 11.3 Å². The van der Waals surface area contributed by atoms with Crippen molar-refractivity contribution in [1.29, 1.82) is 0 Å². The summed E-state index contributed by atoms with van der Waals surface area (Å²) in [6, 6.07) is 4.57. The van der Waals surface area contributed by atoms with Crippen LogP contribution < -0.4 is 11.5 Å². The Hall–Kier alpha value is -2.41. The van der Waals surface area contributed by atoms with Crippen molar-refractivity contribution in [1.82, 2.24) is 14.5 Å². The van der Waals surface area contributed by atoms with Gasteiger partial charge in [0.15, 0.2) is 0 Å². The lowest BCUT2D eigenvalue weighted by Gasteiger charge is -2.54. The molecular formula is C19H25N5O2. The smallest absolute Gasteiger partial charge is 0.324 e. The highest BCUT2D eigenvalue weighted by atomic mass is 16.2. The van der Waals surface area contributed by atoms with Crippen molar-refractivity contribution in [2.24, 2.45) is 17.4 Å². The van der Waals surface area contributed by atoms with Crippen LogP contribution in [0.4, 0.5) is 4.79 Å². The summed E-state index contributed by atoms with van der Waals surface area (Å²) in [4.78, 5) is 31.5. The van der Waals surface area contributed by atoms with Gasteiger partial charge in [-0.3, -0.25) is 9.69 Å². The Kier molecular flexibility index (Phi) is 3.99. The zero-order chi connectivity index (χ0) is 18.5. The standard InChI is InChI=1S/C19H25N5O2/c1-2-10-23-11-12-6-8-19(23,9-7-12)17-22-15-13(16(20)25)4-3-5-14(15)24(17)18(21)26/h3-5,12H,2,6-11H2,1H3,(H2,20,25)(H2,21,26). The van der Waals surface area contributed by atoms with Crippen LogP contribution in [0.15, 0.2) is 18.2 Å². The maximum absolute atomic E-state index is 12.4. The van der Waals surface area contributed by atoms with Gasteiger partial charge in [0, 0.05) is 6.54 Å². The van der Waals surface area contributed by atoms with Gasteiger partial charge >= 0.3 is 6.03 Å². The van der Waals surface area contributed by atoms with Gasteiger partial charge in [-0.1, -0.05) is 13.0 Å². The minimum absolute atomic E-state index is 0.298. The fourth-order valence-electron chi connectivity index (χ4n) is 4.91. The van der Waals surface area contributed by atoms with Crippen LogP contribution in [0, 0.1) is 5.92 Å². The van der Waals surface area contributed by atoms with Gasteiger partial charge in [0.05, 0.1) is 16.6 Å². The molecular weight excluding hydrogens is 330 g/mol. The fraction of sp³-hybridized carbons (Fsp3) is 0.526. The number of primary amides is 2. The Morgan fingerprint density at radius 3 is 2.62 bits per heavy atom. The number of amides is 2. The second-order valence-corrected chi connectivity index (χ2v) is 7.57. The molecule has 138 valence electrons. The number of nitrogens with zero attached hydrogens (tertiary/aromatic N) is 3. The number of imidazole rings is 1. The van der Waals surface area contributed by atoms with Crippen LogP contribution in [-0.2, 0) is 5.54 Å². The van der Waals surface area contributed by atoms with Gasteiger partial charge in [-0.15, -0.1) is 0 Å². The van der Waals surface area contributed by atoms with E-state index in [1.54, 1.807) is 18.2 Å². The number of carbonyl (C=O) groups excluding carboxylic acids is 2. The molecule has 0 unspecified atom stereocenters. The van der Waals surface area contributed by atoms with Crippen LogP contribution in [-0.4, -0.2) is 39.5 Å². The van der Waals surface area contributed by atoms with Gasteiger partial charge in [0.2, 0.25) is 0 Å². The summed E-state index contributed by atoms with van der Waals surface area (Å²) in [6.07, 6.45) is 5.22. The summed E-state index contributed by atoms with van der Waals surface area (Å²) in [6.45, 7) is 4.15. The van der Waals surface area contributed by atoms with Crippen LogP contribution in [0.2, 0.25) is 0 Å². The molecule has 1 aliphatic carbocycles. The average molecular weight is 355 g/mol. The molecule has 5 rings (SSSR count). The topological polar surface area (TPSA) is 107 Å². The molecule has 2 bridgehead atoms. The molecule has 1 aromatic heterocycles. The van der Waals surface area contributed by atoms with Crippen LogP contribution >= 0.6 is 0 Å². The number of carbonyl (C=O) groups is 2. The van der Waals surface area contributed by atoms with Crippen molar-refractivity contribution in [3.8, 4) is 0 Å². The first kappa shape index (κ1) is 17.0. The van der Waals surface area contributed by atoms with Crippen molar-refractivity contribution < 1.29 is 9.59 Å². The van der Waals surface area contributed by atoms with E-state index in [2.05, 4.69) is 11.8 Å². The number of nitrogens with two attached hydrogens (primary N) is 2. The minimum atomic E-state index is -0.567. The third kappa shape index (κ3) is 2.34. The van der Waals surface area contributed by atoms with Crippen LogP contribution in [0.1, 0.15) is 55.2 Å². The Labute approximate surface area is 152 Å². The van der Waals surface area contributed by atoms with E-state index >= 15 is 0 Å². The minimum Gasteiger partial charge on any atom is -0.366 e. The second kappa shape index (κ2) is 6.09. The molecule has 2 aromatic rings. The van der Waals surface area contributed by atoms with E-state index in [0.29, 0.717) is 22.4 Å². The Morgan fingerprint density at radius 2 is 2.00 bits per heavy atom. The predicted octanol–water partition coefficient (Wildman–Crippen LogP) is 2.17. The predicted molar refractivity (Wildman–Crippen MR) is 98.7 cm³/mol. The Morgan fingerprint density at radius 1 is 1.27 bits per heavy atom. The maximum Gasteiger partial charge on any atom is 0.324 e. The normalized spacial score (nSPS) is 25.7. The number of hydrogen-bond acceptors (Lipinski definition) is 4. The number of para-hydroxylation sites is 1. The molecule has 3 fully saturated rings. The van der Waals surface area contributed by atoms with E-state index in [4.69, 9.17) is 16.5 Å². The van der Waals surface area contributed by atoms with Crippen LogP contribution in [0.5, 0.6) is 0 Å². The van der Waals surface area contributed by atoms with Gasteiger partial charge in [0.25, 0.3) is 5.91 Å². The van der Waals surface area contributed by atoms with E-state index in [-0.39, 0.29) is 5.54 Å². The highest BCUT2D eigenvalue weighted by Crippen LogP contribution is 2.49. The maximum atomic E-state index is 12.4. The first-order valence-electron chi connectivity index (χ1n) is 9.34. The van der Waals surface area contributed by atoms with Crippen LogP contribution in [0.3, 0.4) is 0 Å². The first-order valence-corrected chi connectivity index (χ1v) is 9.34. The molecule has 0 atom stereocenters. The molecule has 2 amide bonds. The van der Waals surface area contributed by atoms with E-state index < -0.39 is 11.9 Å². The van der Waals surface area contributed by atoms with Gasteiger partial charge in [-0.25, -0.2) is 14.3 Å². The summed E-state index contributed by atoms with van der Waals surface area (Å²) in [7, 11) is 0. The Balaban J connectivity index is 1.98. The summed E-state index contributed by atoms with van der Waals surface area (Å²) in [5.74, 6) is 0.836. The lowest BCUT2D eigenvalue weighted by molar-refractivity contribution is -0.0451. The first-order chi connectivity index (χ1) is 12.5. The molecule has 1 aromatic carbocycles. The summed E-state index contributed by atoms with van der Waals surface area (Å²) >= 11 is 0. The monoisotopic (exact) mass is 355 g/mol. The zero-order valence-electron chi connectivity index (χ0n) is 15.1. The average Bonchev–Trinajstić information content (AvgIpc) is 3.03. The molecule has 3 heterocycles. The van der Waals surface area contributed by atoms with Crippen molar-refractivity contribution >= 4 is 23.0 Å². The molecule has 2 aliphatic heterocycles. The summed E-state index contributed by atoms with van der Waals surface area (Å²) in [5, 5.41) is 0. The molecule has 7 heteroatoms. The number of benzene rings is 1. The SMILES string of the molecule is CCCN1CC2CCC1(c1nc3c(C(N)=O)cccc3n1C(N)=O)CC2. The van der Waals surface area contributed by atoms with Crippen molar-refractivity contribution in [2.75, 3.05) is 13.1 Å². The molecule has 7 nitrogen and oxygen atoms in total. The van der Waals surface area contributed by atoms with Crippen molar-refractivity contribution in [3.05, 3.63) is 29.6 Å². The molecule has 3 aliphatic rings. The van der Waals surface area contributed by atoms with Gasteiger partial charge in [-0.05, 0) is 56.7 Å². The third-order valence-electron chi connectivity index (χ3n) is 6.10. The van der Waals surface area contributed by atoms with Gasteiger partial charge < -0.3 is 11.5 Å². The summed E-state index contributed by atoms with van der Waals surface area (Å²) in [5.41, 5.74) is 12.3. The van der Waals surface area contributed by atoms with E-state index in [9.17, 15) is 9.59 Å². The van der Waals surface area contributed by atoms with Gasteiger partial charge in [-0.2, -0.15) is 0 Å². The molecule has 2 saturated heterocycles. The largest absolute Gasteiger partial charge is 0.366 e. The third-order valence-corrected chi connectivity index (χ3v) is 6.10. The fourth-order valence-corrected chi connectivity index (χ4v) is 4.91. The number of piperidine rings is 2. The lowest BCUT2D eigenvalue weighted by atomic mass is 9.69. The van der Waals surface area contributed by atoms with Crippen molar-refractivity contribution in [2.45, 2.75) is 44.6 Å². The number of aromatic nitrogens is 2. The Bertz CT molecular complexity index is 879. The second-order valence-electron chi connectivity index (χ2n) is 7.57. The highest BCUT2D eigenvalue weighted by molar-refractivity contribution is 6.05. The van der Waals surface area contributed by atoms with Crippen molar-refractivity contribution in [3.63, 3.8) is 0 Å². The zero-order valence-corrected chi connectivity index (χ0v) is 15.1. The molecule has 4 N–H and O–H groups in total. The number of fused-ring (bicyclic) bond motifs is 4. The highest BCUT2D eigenvalue weighted by Gasteiger charge is 2.50. The van der Waals surface area contributed by atoms with Crippen LogP contribution in [0.25, 0.3) is 11.0 Å². The summed E-state index contributed by atoms with van der Waals surface area (Å²) < 4.78 is 1.50. The number of hydrogen-bond donors (Lipinski definition) is 2. The van der Waals surface area contributed by atoms with E-state index in [1.807, 2.05) is 0 Å². The number of rotatable bonds is 4. The molecule has 0 radical (unpaired) electrons. The van der Waals surface area contributed by atoms with E-state index in [0.717, 1.165) is 51.1 Å². The van der Waals surface area contributed by atoms with E-state index in [1.165, 1.54) is 4.57 Å². The molecule has 26 heavy (non-hydrogen) atoms. The lowest BCUT2D eigenvalue weighted by Crippen LogP contribution is -2.57. The molecule has 0 spiro atoms.